The molecule has 1 fully saturated rings. The number of nitrogens with zero attached hydrogens (tertiary/aromatic N) is 2. The summed E-state index contributed by atoms with van der Waals surface area (Å²) in [6.45, 7) is 1.61. The van der Waals surface area contributed by atoms with Gasteiger partial charge in [-0.05, 0) is 36.1 Å². The highest BCUT2D eigenvalue weighted by atomic mass is 35.5. The zero-order valence-electron chi connectivity index (χ0n) is 16.5. The first kappa shape index (κ1) is 22.6. The van der Waals surface area contributed by atoms with Gasteiger partial charge < -0.3 is 0 Å². The fraction of sp³-hybridized carbons (Fsp3) is 0.136. The Morgan fingerprint density at radius 3 is 1.97 bits per heavy atom. The van der Waals surface area contributed by atoms with Crippen molar-refractivity contribution in [3.05, 3.63) is 83.2 Å². The molecular formula is C22H11Cl4FN2O3S. The Hall–Kier alpha value is -2.16. The summed E-state index contributed by atoms with van der Waals surface area (Å²) in [6.07, 6.45) is 0. The van der Waals surface area contributed by atoms with Crippen LogP contribution in [0.2, 0.25) is 20.1 Å². The molecule has 0 unspecified atom stereocenters. The van der Waals surface area contributed by atoms with Gasteiger partial charge in [-0.25, -0.2) is 4.39 Å². The van der Waals surface area contributed by atoms with Crippen LogP contribution in [0, 0.1) is 12.7 Å². The molecule has 1 aromatic heterocycles. The average Bonchev–Trinajstić information content (AvgIpc) is 3.39. The standard InChI is InChI=1S/C22H11Cl4FN2O3S/c1-8-4-5-9(7-10(8)27)28-18(11-3-2-6-33-11)19(22(28)32)29-20(30)12-13(21(29)31)15(24)17(26)16(25)14(12)23/h2-7,18-19H,1H3/t18-,19+/m0/s1. The molecule has 11 heteroatoms. The van der Waals surface area contributed by atoms with Crippen molar-refractivity contribution in [3.63, 3.8) is 0 Å². The Kier molecular flexibility index (Phi) is 5.46. The number of carbonyl (C=O) groups excluding carboxylic acids is 3. The van der Waals surface area contributed by atoms with Crippen LogP contribution in [0.4, 0.5) is 10.1 Å². The van der Waals surface area contributed by atoms with Crippen molar-refractivity contribution >= 4 is 81.1 Å². The van der Waals surface area contributed by atoms with E-state index in [4.69, 9.17) is 46.4 Å². The van der Waals surface area contributed by atoms with Gasteiger partial charge in [0.15, 0.2) is 0 Å². The van der Waals surface area contributed by atoms with Gasteiger partial charge in [0.05, 0.1) is 31.2 Å². The van der Waals surface area contributed by atoms with Gasteiger partial charge in [0.2, 0.25) is 0 Å². The van der Waals surface area contributed by atoms with Crippen LogP contribution in [0.15, 0.2) is 35.7 Å². The Balaban J connectivity index is 1.62. The van der Waals surface area contributed by atoms with Crippen LogP contribution >= 0.6 is 57.7 Å². The van der Waals surface area contributed by atoms with Gasteiger partial charge in [-0.2, -0.15) is 0 Å². The van der Waals surface area contributed by atoms with Gasteiger partial charge in [0.1, 0.15) is 17.9 Å². The highest BCUT2D eigenvalue weighted by molar-refractivity contribution is 7.10. The van der Waals surface area contributed by atoms with Crippen LogP contribution in [-0.2, 0) is 4.79 Å². The number of imide groups is 1. The maximum absolute atomic E-state index is 14.3. The number of amides is 3. The predicted octanol–water partition coefficient (Wildman–Crippen LogP) is 6.56. The molecule has 5 nitrogen and oxygen atoms in total. The first-order valence-electron chi connectivity index (χ1n) is 9.51. The van der Waals surface area contributed by atoms with E-state index in [9.17, 15) is 18.8 Å². The number of hydrogen-bond donors (Lipinski definition) is 0. The number of fused-ring (bicyclic) bond motifs is 1. The molecule has 3 heterocycles. The number of aryl methyl sites for hydroxylation is 1. The van der Waals surface area contributed by atoms with Crippen molar-refractivity contribution in [3.8, 4) is 0 Å². The SMILES string of the molecule is Cc1ccc(N2C(=O)[C@H](N3C(=O)c4c(Cl)c(Cl)c(Cl)c(Cl)c4C3=O)[C@@H]2c2cccs2)cc1F. The van der Waals surface area contributed by atoms with Crippen LogP contribution in [0.1, 0.15) is 37.2 Å². The third-order valence-electron chi connectivity index (χ3n) is 5.75. The number of carbonyl (C=O) groups is 3. The second-order valence-electron chi connectivity index (χ2n) is 7.53. The lowest BCUT2D eigenvalue weighted by atomic mass is 9.90. The van der Waals surface area contributed by atoms with Crippen LogP contribution < -0.4 is 4.90 Å². The minimum Gasteiger partial charge on any atom is -0.299 e. The van der Waals surface area contributed by atoms with Gasteiger partial charge in [-0.3, -0.25) is 24.2 Å². The third-order valence-corrected chi connectivity index (χ3v) is 8.49. The Bertz CT molecular complexity index is 1330. The molecule has 2 aliphatic rings. The minimum atomic E-state index is -1.18. The molecule has 0 radical (unpaired) electrons. The maximum atomic E-state index is 14.3. The molecule has 3 aromatic rings. The van der Waals surface area contributed by atoms with E-state index in [1.54, 1.807) is 36.6 Å². The number of halogens is 5. The molecule has 2 aliphatic heterocycles. The second kappa shape index (κ2) is 7.96. The van der Waals surface area contributed by atoms with Crippen molar-refractivity contribution in [2.24, 2.45) is 0 Å². The number of benzene rings is 2. The topological polar surface area (TPSA) is 57.7 Å². The molecule has 2 aromatic carbocycles. The van der Waals surface area contributed by atoms with Crippen molar-refractivity contribution in [1.29, 1.82) is 0 Å². The van der Waals surface area contributed by atoms with E-state index in [0.717, 1.165) is 4.90 Å². The van der Waals surface area contributed by atoms with E-state index < -0.39 is 35.6 Å². The summed E-state index contributed by atoms with van der Waals surface area (Å²) < 4.78 is 14.3. The van der Waals surface area contributed by atoms with Crippen molar-refractivity contribution in [1.82, 2.24) is 4.90 Å². The highest BCUT2D eigenvalue weighted by Gasteiger charge is 2.58. The van der Waals surface area contributed by atoms with Crippen LogP contribution in [-0.4, -0.2) is 28.7 Å². The summed E-state index contributed by atoms with van der Waals surface area (Å²) in [4.78, 5) is 42.9. The van der Waals surface area contributed by atoms with E-state index in [2.05, 4.69) is 0 Å². The first-order chi connectivity index (χ1) is 15.6. The van der Waals surface area contributed by atoms with E-state index in [1.807, 2.05) is 0 Å². The van der Waals surface area contributed by atoms with Crippen LogP contribution in [0.3, 0.4) is 0 Å². The van der Waals surface area contributed by atoms with Crippen molar-refractivity contribution < 1.29 is 18.8 Å². The molecule has 0 saturated carbocycles. The van der Waals surface area contributed by atoms with E-state index in [-0.39, 0.29) is 31.2 Å². The lowest BCUT2D eigenvalue weighted by molar-refractivity contribution is -0.130. The van der Waals surface area contributed by atoms with Gasteiger partial charge in [-0.1, -0.05) is 58.5 Å². The molecule has 168 valence electrons. The highest BCUT2D eigenvalue weighted by Crippen LogP contribution is 2.49. The number of thiophene rings is 1. The summed E-state index contributed by atoms with van der Waals surface area (Å²) in [6, 6.07) is 6.09. The summed E-state index contributed by atoms with van der Waals surface area (Å²) in [5.74, 6) is -2.61. The molecule has 0 bridgehead atoms. The minimum absolute atomic E-state index is 0.156. The number of hydrogen-bond acceptors (Lipinski definition) is 4. The predicted molar refractivity (Wildman–Crippen MR) is 126 cm³/mol. The van der Waals surface area contributed by atoms with Crippen LogP contribution in [0.5, 0.6) is 0 Å². The first-order valence-corrected chi connectivity index (χ1v) is 11.9. The molecule has 5 rings (SSSR count). The molecule has 0 aliphatic carbocycles. The number of rotatable bonds is 3. The second-order valence-corrected chi connectivity index (χ2v) is 10.0. The zero-order valence-corrected chi connectivity index (χ0v) is 20.4. The Labute approximate surface area is 211 Å². The van der Waals surface area contributed by atoms with Gasteiger partial charge >= 0.3 is 0 Å². The summed E-state index contributed by atoms with van der Waals surface area (Å²) in [5, 5.41) is 1.07. The van der Waals surface area contributed by atoms with Gasteiger partial charge in [0.25, 0.3) is 17.7 Å². The fourth-order valence-electron chi connectivity index (χ4n) is 4.11. The third kappa shape index (κ3) is 3.14. The van der Waals surface area contributed by atoms with Crippen LogP contribution in [0.25, 0.3) is 0 Å². The lowest BCUT2D eigenvalue weighted by Crippen LogP contribution is -2.67. The molecule has 3 amide bonds. The normalized spacial score (nSPS) is 19.9. The Morgan fingerprint density at radius 1 is 0.848 bits per heavy atom. The average molecular weight is 544 g/mol. The number of β-lactam (4-membered cyclic amide) rings is 1. The summed E-state index contributed by atoms with van der Waals surface area (Å²) in [5.41, 5.74) is 0.350. The molecular weight excluding hydrogens is 533 g/mol. The van der Waals surface area contributed by atoms with Gasteiger partial charge in [-0.15, -0.1) is 11.3 Å². The van der Waals surface area contributed by atoms with E-state index >= 15 is 0 Å². The molecule has 0 spiro atoms. The quantitative estimate of drug-likeness (QED) is 0.163. The number of anilines is 1. The van der Waals surface area contributed by atoms with Crippen molar-refractivity contribution in [2.75, 3.05) is 4.90 Å². The van der Waals surface area contributed by atoms with E-state index in [0.29, 0.717) is 16.1 Å². The fourth-order valence-corrected chi connectivity index (χ4v) is 5.97. The zero-order chi connectivity index (χ0) is 23.8. The lowest BCUT2D eigenvalue weighted by Gasteiger charge is -2.49. The smallest absolute Gasteiger partial charge is 0.264 e. The largest absolute Gasteiger partial charge is 0.299 e. The molecule has 0 N–H and O–H groups in total. The maximum Gasteiger partial charge on any atom is 0.264 e. The molecule has 33 heavy (non-hydrogen) atoms. The molecule has 1 saturated heterocycles. The Morgan fingerprint density at radius 2 is 1.45 bits per heavy atom. The van der Waals surface area contributed by atoms with E-state index in [1.165, 1.54) is 22.3 Å². The summed E-state index contributed by atoms with van der Waals surface area (Å²) >= 11 is 26.0. The van der Waals surface area contributed by atoms with Gasteiger partial charge in [0, 0.05) is 10.6 Å². The van der Waals surface area contributed by atoms with Crippen molar-refractivity contribution in [2.45, 2.75) is 19.0 Å². The molecule has 2 atom stereocenters. The summed E-state index contributed by atoms with van der Waals surface area (Å²) in [7, 11) is 0. The monoisotopic (exact) mass is 542 g/mol.